The molecule has 0 aromatic heterocycles. The predicted octanol–water partition coefficient (Wildman–Crippen LogP) is 3.34. The van der Waals surface area contributed by atoms with Crippen molar-refractivity contribution in [1.82, 2.24) is 5.32 Å². The number of aliphatic imine (C=N–C) groups is 3. The van der Waals surface area contributed by atoms with E-state index in [2.05, 4.69) is 40.4 Å². The third kappa shape index (κ3) is 10.3. The second kappa shape index (κ2) is 13.3. The lowest BCUT2D eigenvalue weighted by molar-refractivity contribution is 0.0806. The fourth-order valence-electron chi connectivity index (χ4n) is 2.42. The number of nitrogens with zero attached hydrogens (tertiary/aromatic N) is 3. The van der Waals surface area contributed by atoms with Crippen LogP contribution < -0.4 is 16.8 Å². The van der Waals surface area contributed by atoms with Crippen LogP contribution in [0, 0.1) is 0 Å². The molecule has 0 radical (unpaired) electrons. The van der Waals surface area contributed by atoms with E-state index in [0.29, 0.717) is 29.2 Å². The van der Waals surface area contributed by atoms with Crippen LogP contribution in [0.1, 0.15) is 40.0 Å². The Morgan fingerprint density at radius 1 is 1.17 bits per heavy atom. The highest BCUT2D eigenvalue weighted by Gasteiger charge is 2.13. The van der Waals surface area contributed by atoms with Crippen molar-refractivity contribution in [2.45, 2.75) is 46.1 Å². The number of hydrogen-bond acceptors (Lipinski definition) is 5. The van der Waals surface area contributed by atoms with Crippen LogP contribution in [0.2, 0.25) is 0 Å². The van der Waals surface area contributed by atoms with Crippen LogP contribution in [-0.4, -0.2) is 37.1 Å². The first kappa shape index (κ1) is 24.1. The van der Waals surface area contributed by atoms with Crippen molar-refractivity contribution < 1.29 is 4.74 Å². The van der Waals surface area contributed by atoms with Crippen molar-refractivity contribution in [3.63, 3.8) is 0 Å². The molecule has 7 nitrogen and oxygen atoms in total. The molecule has 0 aromatic carbocycles. The number of amidine groups is 2. The third-order valence-corrected chi connectivity index (χ3v) is 4.26. The molecule has 29 heavy (non-hydrogen) atoms. The summed E-state index contributed by atoms with van der Waals surface area (Å²) >= 11 is 0. The molecule has 1 aliphatic rings. The minimum Gasteiger partial charge on any atom is -0.384 e. The summed E-state index contributed by atoms with van der Waals surface area (Å²) < 4.78 is 5.39. The van der Waals surface area contributed by atoms with E-state index in [1.54, 1.807) is 18.4 Å². The van der Waals surface area contributed by atoms with Crippen LogP contribution in [0.3, 0.4) is 0 Å². The van der Waals surface area contributed by atoms with Gasteiger partial charge in [0.1, 0.15) is 11.7 Å². The molecule has 0 spiro atoms. The van der Waals surface area contributed by atoms with Crippen LogP contribution in [-0.2, 0) is 4.74 Å². The number of hydrogen-bond donors (Lipinski definition) is 3. The van der Waals surface area contributed by atoms with Gasteiger partial charge in [-0.25, -0.2) is 9.98 Å². The number of nitrogens with two attached hydrogens (primary N) is 2. The summed E-state index contributed by atoms with van der Waals surface area (Å²) in [6.07, 6.45) is 11.1. The van der Waals surface area contributed by atoms with Gasteiger partial charge in [-0.2, -0.15) is 0 Å². The fraction of sp³-hybridized carbons (Fsp3) is 0.409. The lowest BCUT2D eigenvalue weighted by atomic mass is 10.1. The molecule has 0 bridgehead atoms. The van der Waals surface area contributed by atoms with Gasteiger partial charge in [0.05, 0.1) is 0 Å². The van der Waals surface area contributed by atoms with Crippen LogP contribution in [0.5, 0.6) is 0 Å². The topological polar surface area (TPSA) is 110 Å². The Hall–Kier alpha value is -2.93. The molecule has 1 heterocycles. The summed E-state index contributed by atoms with van der Waals surface area (Å²) in [7, 11) is 0. The molecule has 5 N–H and O–H groups in total. The number of rotatable bonds is 10. The smallest absolute Gasteiger partial charge is 0.158 e. The standard InChI is InChI=1S/C22H34N6O/c1-6-16(3)14-20(23)27-21(28-22(24)17(4)8-11-25-7-2)15-18(5)26-19-9-12-29-13-10-19/h7-8,11,14-15,19,26H,2,5-6,9-10,12-13H2,1,3-4H3,(H2,23,27)(H2,24,28)/b16-14-,17-8+,21-15-,25-11?. The molecule has 0 amide bonds. The van der Waals surface area contributed by atoms with Crippen LogP contribution in [0.25, 0.3) is 0 Å². The zero-order valence-corrected chi connectivity index (χ0v) is 17.8. The first-order chi connectivity index (χ1) is 13.8. The summed E-state index contributed by atoms with van der Waals surface area (Å²) in [6, 6.07) is 0.315. The number of ether oxygens (including phenoxy) is 1. The Labute approximate surface area is 174 Å². The Kier molecular flexibility index (Phi) is 11.0. The SMILES string of the molecule is C=CN=C/C=C(C)/C(N)=N/C(=C\C(=C)NC1CCOCC1)/N=C(N)\C=C(\C)CC. The van der Waals surface area contributed by atoms with Gasteiger partial charge >= 0.3 is 0 Å². The van der Waals surface area contributed by atoms with Crippen LogP contribution >= 0.6 is 0 Å². The number of allylic oxidation sites excluding steroid dienone is 3. The first-order valence-electron chi connectivity index (χ1n) is 9.77. The molecule has 1 fully saturated rings. The van der Waals surface area contributed by atoms with E-state index in [4.69, 9.17) is 16.2 Å². The molecule has 0 unspecified atom stereocenters. The van der Waals surface area contributed by atoms with Gasteiger partial charge in [-0.05, 0) is 50.8 Å². The fourth-order valence-corrected chi connectivity index (χ4v) is 2.42. The first-order valence-corrected chi connectivity index (χ1v) is 9.77. The van der Waals surface area contributed by atoms with E-state index in [1.807, 2.05) is 19.9 Å². The van der Waals surface area contributed by atoms with E-state index < -0.39 is 0 Å². The third-order valence-electron chi connectivity index (χ3n) is 4.26. The van der Waals surface area contributed by atoms with Crippen molar-refractivity contribution in [3.8, 4) is 0 Å². The lowest BCUT2D eigenvalue weighted by Gasteiger charge is -2.24. The van der Waals surface area contributed by atoms with E-state index in [1.165, 1.54) is 6.20 Å². The normalized spacial score (nSPS) is 18.2. The highest BCUT2D eigenvalue weighted by Crippen LogP contribution is 2.11. The average molecular weight is 399 g/mol. The molecular formula is C22H34N6O. The molecule has 1 aliphatic heterocycles. The molecule has 7 heteroatoms. The van der Waals surface area contributed by atoms with Crippen molar-refractivity contribution in [2.75, 3.05) is 13.2 Å². The van der Waals surface area contributed by atoms with E-state index >= 15 is 0 Å². The molecule has 0 saturated carbocycles. The van der Waals surface area contributed by atoms with E-state index in [-0.39, 0.29) is 0 Å². The Bertz CT molecular complexity index is 749. The Balaban J connectivity index is 3.12. The largest absolute Gasteiger partial charge is 0.384 e. The molecule has 0 aliphatic carbocycles. The molecule has 0 atom stereocenters. The maximum absolute atomic E-state index is 6.12. The van der Waals surface area contributed by atoms with Gasteiger partial charge in [0.25, 0.3) is 0 Å². The molecular weight excluding hydrogens is 364 g/mol. The van der Waals surface area contributed by atoms with Crippen molar-refractivity contribution in [2.24, 2.45) is 26.4 Å². The van der Waals surface area contributed by atoms with Crippen LogP contribution in [0.4, 0.5) is 0 Å². The van der Waals surface area contributed by atoms with Crippen molar-refractivity contribution >= 4 is 17.9 Å². The zero-order valence-electron chi connectivity index (χ0n) is 17.8. The molecule has 0 aromatic rings. The van der Waals surface area contributed by atoms with Gasteiger partial charge in [-0.15, -0.1) is 0 Å². The summed E-state index contributed by atoms with van der Waals surface area (Å²) in [6.45, 7) is 15.0. The monoisotopic (exact) mass is 398 g/mol. The zero-order chi connectivity index (χ0) is 21.6. The van der Waals surface area contributed by atoms with Crippen molar-refractivity contribution in [1.29, 1.82) is 0 Å². The van der Waals surface area contributed by atoms with Crippen LogP contribution in [0.15, 0.2) is 75.2 Å². The number of nitrogens with one attached hydrogen (secondary N) is 1. The highest BCUT2D eigenvalue weighted by molar-refractivity contribution is 6.00. The second-order valence-electron chi connectivity index (χ2n) is 6.77. The predicted molar refractivity (Wildman–Crippen MR) is 124 cm³/mol. The van der Waals surface area contributed by atoms with Gasteiger partial charge < -0.3 is 21.5 Å². The minimum atomic E-state index is 0.315. The Morgan fingerprint density at radius 3 is 2.48 bits per heavy atom. The summed E-state index contributed by atoms with van der Waals surface area (Å²) in [5, 5.41) is 3.39. The van der Waals surface area contributed by atoms with Gasteiger partial charge in [0.2, 0.25) is 0 Å². The summed E-state index contributed by atoms with van der Waals surface area (Å²) in [4.78, 5) is 12.8. The van der Waals surface area contributed by atoms with Gasteiger partial charge in [0.15, 0.2) is 5.82 Å². The molecule has 158 valence electrons. The summed E-state index contributed by atoms with van der Waals surface area (Å²) in [5.41, 5.74) is 14.8. The van der Waals surface area contributed by atoms with Gasteiger partial charge in [-0.1, -0.05) is 25.7 Å². The van der Waals surface area contributed by atoms with E-state index in [0.717, 1.165) is 43.6 Å². The van der Waals surface area contributed by atoms with E-state index in [9.17, 15) is 0 Å². The summed E-state index contributed by atoms with van der Waals surface area (Å²) in [5.74, 6) is 1.05. The maximum atomic E-state index is 6.12. The average Bonchev–Trinajstić information content (AvgIpc) is 2.68. The minimum absolute atomic E-state index is 0.315. The van der Waals surface area contributed by atoms with Gasteiger partial charge in [-0.3, -0.25) is 4.99 Å². The maximum Gasteiger partial charge on any atom is 0.158 e. The molecule has 1 saturated heterocycles. The highest BCUT2D eigenvalue weighted by atomic mass is 16.5. The lowest BCUT2D eigenvalue weighted by Crippen LogP contribution is -2.33. The van der Waals surface area contributed by atoms with Crippen molar-refractivity contribution in [3.05, 3.63) is 60.3 Å². The van der Waals surface area contributed by atoms with Gasteiger partial charge in [0, 0.05) is 43.4 Å². The quantitative estimate of drug-likeness (QED) is 0.298. The second-order valence-corrected chi connectivity index (χ2v) is 6.77. The molecule has 1 rings (SSSR count). The Morgan fingerprint density at radius 2 is 1.86 bits per heavy atom.